The standard InChI is InChI=1S/C9H18N2O5S/c1-7(8(12)13)11(3)9(14)10(2)5-6-17(4,15)16/h7H,5-6H2,1-4H3,(H,12,13). The lowest BCUT2D eigenvalue weighted by atomic mass is 10.3. The molecule has 17 heavy (non-hydrogen) atoms. The van der Waals surface area contributed by atoms with Crippen molar-refractivity contribution < 1.29 is 23.1 Å². The molecule has 0 aromatic heterocycles. The third-order valence-electron chi connectivity index (χ3n) is 2.36. The second-order valence-corrected chi connectivity index (χ2v) is 6.22. The van der Waals surface area contributed by atoms with Crippen LogP contribution in [0.5, 0.6) is 0 Å². The fraction of sp³-hybridized carbons (Fsp3) is 0.778. The highest BCUT2D eigenvalue weighted by molar-refractivity contribution is 7.90. The van der Waals surface area contributed by atoms with Gasteiger partial charge in [0.15, 0.2) is 0 Å². The van der Waals surface area contributed by atoms with Crippen LogP contribution in [-0.4, -0.2) is 74.0 Å². The number of sulfone groups is 1. The van der Waals surface area contributed by atoms with E-state index in [1.54, 1.807) is 0 Å². The predicted octanol–water partition coefficient (Wildman–Crippen LogP) is -0.512. The summed E-state index contributed by atoms with van der Waals surface area (Å²) in [5.74, 6) is -1.26. The first-order valence-electron chi connectivity index (χ1n) is 4.94. The quantitative estimate of drug-likeness (QED) is 0.723. The van der Waals surface area contributed by atoms with Gasteiger partial charge in [0.25, 0.3) is 0 Å². The van der Waals surface area contributed by atoms with Crippen molar-refractivity contribution in [3.63, 3.8) is 0 Å². The van der Waals surface area contributed by atoms with Crippen LogP contribution in [-0.2, 0) is 14.6 Å². The van der Waals surface area contributed by atoms with Crippen LogP contribution < -0.4 is 0 Å². The first-order chi connectivity index (χ1) is 7.56. The van der Waals surface area contributed by atoms with Crippen molar-refractivity contribution >= 4 is 21.8 Å². The maximum atomic E-state index is 11.7. The van der Waals surface area contributed by atoms with E-state index in [1.165, 1.54) is 25.9 Å². The van der Waals surface area contributed by atoms with Gasteiger partial charge in [-0.05, 0) is 6.92 Å². The molecule has 0 bridgehead atoms. The van der Waals surface area contributed by atoms with Gasteiger partial charge in [-0.1, -0.05) is 0 Å². The van der Waals surface area contributed by atoms with Crippen LogP contribution in [0.25, 0.3) is 0 Å². The van der Waals surface area contributed by atoms with Gasteiger partial charge in [0.05, 0.1) is 5.75 Å². The Morgan fingerprint density at radius 3 is 2.12 bits per heavy atom. The van der Waals surface area contributed by atoms with E-state index in [0.717, 1.165) is 11.2 Å². The monoisotopic (exact) mass is 266 g/mol. The van der Waals surface area contributed by atoms with E-state index < -0.39 is 27.9 Å². The fourth-order valence-electron chi connectivity index (χ4n) is 0.999. The summed E-state index contributed by atoms with van der Waals surface area (Å²) in [6, 6.07) is -1.48. The van der Waals surface area contributed by atoms with E-state index in [9.17, 15) is 18.0 Å². The highest BCUT2D eigenvalue weighted by Gasteiger charge is 2.24. The number of urea groups is 1. The van der Waals surface area contributed by atoms with E-state index in [4.69, 9.17) is 5.11 Å². The van der Waals surface area contributed by atoms with Gasteiger partial charge in [0.1, 0.15) is 15.9 Å². The summed E-state index contributed by atoms with van der Waals surface area (Å²) in [4.78, 5) is 24.6. The molecule has 8 heteroatoms. The Kier molecular flexibility index (Phi) is 5.40. The summed E-state index contributed by atoms with van der Waals surface area (Å²) in [5, 5.41) is 8.73. The number of nitrogens with zero attached hydrogens (tertiary/aromatic N) is 2. The van der Waals surface area contributed by atoms with E-state index in [2.05, 4.69) is 0 Å². The minimum atomic E-state index is -3.14. The number of rotatable bonds is 5. The van der Waals surface area contributed by atoms with Crippen LogP contribution in [0.3, 0.4) is 0 Å². The summed E-state index contributed by atoms with van der Waals surface area (Å²) in [5.41, 5.74) is 0. The van der Waals surface area contributed by atoms with E-state index in [1.807, 2.05) is 0 Å². The maximum absolute atomic E-state index is 11.7. The topological polar surface area (TPSA) is 95.0 Å². The Morgan fingerprint density at radius 2 is 1.76 bits per heavy atom. The molecule has 1 unspecified atom stereocenters. The van der Waals surface area contributed by atoms with Crippen molar-refractivity contribution in [2.45, 2.75) is 13.0 Å². The SMILES string of the molecule is CC(C(=O)O)N(C)C(=O)N(C)CCS(C)(=O)=O. The average Bonchev–Trinajstić information content (AvgIpc) is 2.21. The van der Waals surface area contributed by atoms with Crippen molar-refractivity contribution in [2.75, 3.05) is 32.6 Å². The third kappa shape index (κ3) is 5.53. The molecule has 0 saturated carbocycles. The van der Waals surface area contributed by atoms with Crippen LogP contribution in [0, 0.1) is 0 Å². The van der Waals surface area contributed by atoms with Gasteiger partial charge in [0, 0.05) is 26.9 Å². The molecule has 1 atom stereocenters. The van der Waals surface area contributed by atoms with Gasteiger partial charge in [-0.15, -0.1) is 0 Å². The number of hydrogen-bond acceptors (Lipinski definition) is 4. The maximum Gasteiger partial charge on any atom is 0.326 e. The van der Waals surface area contributed by atoms with Crippen LogP contribution in [0.4, 0.5) is 4.79 Å². The molecule has 0 saturated heterocycles. The minimum Gasteiger partial charge on any atom is -0.480 e. The molecular formula is C9H18N2O5S. The fourth-order valence-corrected chi connectivity index (χ4v) is 1.60. The smallest absolute Gasteiger partial charge is 0.326 e. The number of likely N-dealkylation sites (N-methyl/N-ethyl adjacent to an activating group) is 1. The zero-order chi connectivity index (χ0) is 13.8. The number of carbonyl (C=O) groups is 2. The Labute approximate surface area is 101 Å². The molecule has 0 aliphatic carbocycles. The summed E-state index contributed by atoms with van der Waals surface area (Å²) >= 11 is 0. The molecule has 0 aliphatic heterocycles. The van der Waals surface area contributed by atoms with Crippen LogP contribution in [0.1, 0.15) is 6.92 Å². The highest BCUT2D eigenvalue weighted by Crippen LogP contribution is 2.01. The normalized spacial score (nSPS) is 12.9. The lowest BCUT2D eigenvalue weighted by Crippen LogP contribution is -2.47. The van der Waals surface area contributed by atoms with Gasteiger partial charge < -0.3 is 14.9 Å². The summed E-state index contributed by atoms with van der Waals surface area (Å²) < 4.78 is 21.8. The molecule has 0 radical (unpaired) electrons. The molecule has 0 aliphatic rings. The van der Waals surface area contributed by atoms with Crippen LogP contribution >= 0.6 is 0 Å². The van der Waals surface area contributed by atoms with Gasteiger partial charge >= 0.3 is 12.0 Å². The van der Waals surface area contributed by atoms with Crippen molar-refractivity contribution in [1.82, 2.24) is 9.80 Å². The summed E-state index contributed by atoms with van der Waals surface area (Å²) in [6.45, 7) is 1.42. The highest BCUT2D eigenvalue weighted by atomic mass is 32.2. The molecule has 100 valence electrons. The number of amides is 2. The van der Waals surface area contributed by atoms with Gasteiger partial charge in [0.2, 0.25) is 0 Å². The van der Waals surface area contributed by atoms with Crippen LogP contribution in [0.15, 0.2) is 0 Å². The minimum absolute atomic E-state index is 0.0361. The Morgan fingerprint density at radius 1 is 1.29 bits per heavy atom. The van der Waals surface area contributed by atoms with Crippen molar-refractivity contribution in [2.24, 2.45) is 0 Å². The van der Waals surface area contributed by atoms with Crippen molar-refractivity contribution in [3.8, 4) is 0 Å². The zero-order valence-electron chi connectivity index (χ0n) is 10.4. The molecule has 0 fully saturated rings. The second-order valence-electron chi connectivity index (χ2n) is 3.96. The second kappa shape index (κ2) is 5.85. The van der Waals surface area contributed by atoms with E-state index in [0.29, 0.717) is 0 Å². The molecule has 0 heterocycles. The third-order valence-corrected chi connectivity index (χ3v) is 3.29. The number of carbonyl (C=O) groups excluding carboxylic acids is 1. The first-order valence-corrected chi connectivity index (χ1v) is 7.00. The first kappa shape index (κ1) is 15.7. The zero-order valence-corrected chi connectivity index (χ0v) is 11.2. The molecule has 0 aromatic rings. The van der Waals surface area contributed by atoms with E-state index >= 15 is 0 Å². The van der Waals surface area contributed by atoms with Gasteiger partial charge in [-0.3, -0.25) is 0 Å². The summed E-state index contributed by atoms with van der Waals surface area (Å²) in [7, 11) is -0.355. The summed E-state index contributed by atoms with van der Waals surface area (Å²) in [6.07, 6.45) is 1.08. The van der Waals surface area contributed by atoms with E-state index in [-0.39, 0.29) is 12.3 Å². The predicted molar refractivity (Wildman–Crippen MR) is 62.6 cm³/mol. The van der Waals surface area contributed by atoms with Crippen molar-refractivity contribution in [1.29, 1.82) is 0 Å². The number of carboxylic acids is 1. The van der Waals surface area contributed by atoms with Gasteiger partial charge in [-0.2, -0.15) is 0 Å². The Balaban J connectivity index is 4.45. The molecule has 7 nitrogen and oxygen atoms in total. The lowest BCUT2D eigenvalue weighted by Gasteiger charge is -2.27. The molecule has 1 N–H and O–H groups in total. The molecular weight excluding hydrogens is 248 g/mol. The molecule has 0 spiro atoms. The van der Waals surface area contributed by atoms with Gasteiger partial charge in [-0.25, -0.2) is 18.0 Å². The number of carboxylic acid groups (broad SMARTS) is 1. The Hall–Kier alpha value is -1.31. The molecule has 2 amide bonds. The van der Waals surface area contributed by atoms with Crippen molar-refractivity contribution in [3.05, 3.63) is 0 Å². The lowest BCUT2D eigenvalue weighted by molar-refractivity contribution is -0.141. The van der Waals surface area contributed by atoms with Crippen LogP contribution in [0.2, 0.25) is 0 Å². The molecule has 0 rings (SSSR count). The molecule has 0 aromatic carbocycles. The number of hydrogen-bond donors (Lipinski definition) is 1. The number of aliphatic carboxylic acids is 1. The average molecular weight is 266 g/mol. The Bertz CT molecular complexity index is 392. The largest absolute Gasteiger partial charge is 0.480 e.